The highest BCUT2D eigenvalue weighted by atomic mass is 19.4. The van der Waals surface area contributed by atoms with Crippen LogP contribution in [0.1, 0.15) is 56.2 Å². The lowest BCUT2D eigenvalue weighted by atomic mass is 10.0. The highest BCUT2D eigenvalue weighted by molar-refractivity contribution is 6.19. The Morgan fingerprint density at radius 2 is 1.81 bits per heavy atom. The normalized spacial score (nSPS) is 12.4. The van der Waals surface area contributed by atoms with Crippen LogP contribution >= 0.6 is 0 Å². The predicted molar refractivity (Wildman–Crippen MR) is 106 cm³/mol. The van der Waals surface area contributed by atoms with Crippen molar-refractivity contribution >= 4 is 27.2 Å². The Balaban J connectivity index is 2.47. The molecule has 0 heterocycles. The highest BCUT2D eigenvalue weighted by Gasteiger charge is 2.35. The van der Waals surface area contributed by atoms with Crippen molar-refractivity contribution < 1.29 is 13.2 Å². The van der Waals surface area contributed by atoms with E-state index >= 15 is 0 Å². The van der Waals surface area contributed by atoms with Crippen LogP contribution in [0.5, 0.6) is 0 Å². The Hall–Kier alpha value is -2.30. The molecule has 5 heteroatoms. The molecule has 0 saturated heterocycles. The van der Waals surface area contributed by atoms with E-state index in [2.05, 4.69) is 5.32 Å². The number of nitrogens with one attached hydrogen (secondary N) is 1. The number of alkyl halides is 3. The lowest BCUT2D eigenvalue weighted by Crippen LogP contribution is -2.19. The Kier molecular flexibility index (Phi) is 5.06. The third-order valence-electron chi connectivity index (χ3n) is 5.18. The monoisotopic (exact) mass is 375 g/mol. The minimum Gasteiger partial charge on any atom is -0.384 e. The fourth-order valence-electron chi connectivity index (χ4n) is 3.62. The minimum absolute atomic E-state index is 0.161. The van der Waals surface area contributed by atoms with Gasteiger partial charge in [-0.05, 0) is 47.2 Å². The Morgan fingerprint density at radius 3 is 2.41 bits per heavy atom. The van der Waals surface area contributed by atoms with Crippen molar-refractivity contribution in [1.82, 2.24) is 0 Å². The Morgan fingerprint density at radius 1 is 1.11 bits per heavy atom. The first-order valence-corrected chi connectivity index (χ1v) is 9.34. The quantitative estimate of drug-likeness (QED) is 0.519. The van der Waals surface area contributed by atoms with Crippen LogP contribution in [0.4, 0.5) is 18.9 Å². The summed E-state index contributed by atoms with van der Waals surface area (Å²) >= 11 is 0. The van der Waals surface area contributed by atoms with Crippen LogP contribution in [0.2, 0.25) is 0 Å². The first-order valence-electron chi connectivity index (χ1n) is 9.34. The second-order valence-corrected chi connectivity index (χ2v) is 7.42. The van der Waals surface area contributed by atoms with Gasteiger partial charge in [0.2, 0.25) is 5.43 Å². The molecule has 0 spiro atoms. The van der Waals surface area contributed by atoms with Crippen molar-refractivity contribution in [2.24, 2.45) is 0 Å². The summed E-state index contributed by atoms with van der Waals surface area (Å²) < 4.78 is 40.5. The zero-order chi connectivity index (χ0) is 19.9. The van der Waals surface area contributed by atoms with Crippen molar-refractivity contribution in [2.75, 3.05) is 11.9 Å². The molecule has 0 atom stereocenters. The Bertz CT molecular complexity index is 1040. The van der Waals surface area contributed by atoms with Gasteiger partial charge in [-0.1, -0.05) is 45.4 Å². The van der Waals surface area contributed by atoms with Crippen molar-refractivity contribution in [3.8, 4) is 0 Å². The lowest BCUT2D eigenvalue weighted by Gasteiger charge is -2.09. The van der Waals surface area contributed by atoms with Crippen LogP contribution < -0.4 is 10.7 Å². The highest BCUT2D eigenvalue weighted by Crippen LogP contribution is 2.40. The van der Waals surface area contributed by atoms with Gasteiger partial charge in [-0.15, -0.1) is 0 Å². The number of halogens is 3. The van der Waals surface area contributed by atoms with Crippen LogP contribution in [-0.4, -0.2) is 6.54 Å². The molecule has 3 aromatic carbocycles. The summed E-state index contributed by atoms with van der Waals surface area (Å²) in [4.78, 5) is 12.8. The molecule has 0 aromatic heterocycles. The summed E-state index contributed by atoms with van der Waals surface area (Å²) in [7, 11) is 0. The topological polar surface area (TPSA) is 29.1 Å². The van der Waals surface area contributed by atoms with Crippen molar-refractivity contribution in [2.45, 2.75) is 52.6 Å². The summed E-state index contributed by atoms with van der Waals surface area (Å²) in [6, 6.07) is 6.56. The molecule has 0 aliphatic rings. The number of hydrogen-bond acceptors (Lipinski definition) is 2. The van der Waals surface area contributed by atoms with E-state index in [1.54, 1.807) is 6.07 Å². The molecule has 0 unspecified atom stereocenters. The van der Waals surface area contributed by atoms with Gasteiger partial charge in [-0.3, -0.25) is 4.79 Å². The van der Waals surface area contributed by atoms with E-state index in [-0.39, 0.29) is 11.3 Å². The van der Waals surface area contributed by atoms with Crippen molar-refractivity contribution in [3.05, 3.63) is 51.2 Å². The second kappa shape index (κ2) is 7.02. The maximum absolute atomic E-state index is 13.5. The van der Waals surface area contributed by atoms with Gasteiger partial charge < -0.3 is 5.32 Å². The summed E-state index contributed by atoms with van der Waals surface area (Å²) in [5, 5.41) is 5.31. The zero-order valence-corrected chi connectivity index (χ0v) is 16.1. The number of hydrogen-bond donors (Lipinski definition) is 1. The minimum atomic E-state index is -4.68. The van der Waals surface area contributed by atoms with Crippen LogP contribution in [0.25, 0.3) is 21.5 Å². The first-order chi connectivity index (χ1) is 12.7. The smallest absolute Gasteiger partial charge is 0.384 e. The molecule has 0 bridgehead atoms. The molecule has 2 nitrogen and oxygen atoms in total. The zero-order valence-electron chi connectivity index (χ0n) is 16.1. The summed E-state index contributed by atoms with van der Waals surface area (Å²) in [5.74, 6) is 0.227. The largest absolute Gasteiger partial charge is 0.420 e. The number of benzene rings is 1. The standard InChI is InChI=1S/C22H24F3NO/c1-5-6-9-26-20-13(4)16-10-14(12(2)3)7-8-15-11-17(22(23,24)25)21(27)19(20)18(15)16/h7-8,10-12,26H,5-6,9H2,1-4H3. The first kappa shape index (κ1) is 19.5. The number of aryl methyl sites for hydroxylation is 1. The average molecular weight is 375 g/mol. The number of rotatable bonds is 5. The van der Waals surface area contributed by atoms with Gasteiger partial charge >= 0.3 is 6.18 Å². The SMILES string of the molecule is CCCCNc1c(C)c2cc(C(C)C)ccc3cc(C(F)(F)F)c(=O)c1c32. The molecule has 0 aliphatic carbocycles. The summed E-state index contributed by atoms with van der Waals surface area (Å²) in [5.41, 5.74) is 0.366. The fourth-order valence-corrected chi connectivity index (χ4v) is 3.62. The fraction of sp³-hybridized carbons (Fsp3) is 0.409. The average Bonchev–Trinajstić information content (AvgIpc) is 2.74. The number of unbranched alkanes of at least 4 members (excludes halogenated alkanes) is 1. The predicted octanol–water partition coefficient (Wildman–Crippen LogP) is 6.45. The van der Waals surface area contributed by atoms with Gasteiger partial charge in [-0.25, -0.2) is 0 Å². The molecule has 0 saturated carbocycles. The van der Waals surface area contributed by atoms with E-state index in [0.717, 1.165) is 35.4 Å². The van der Waals surface area contributed by atoms with Crippen molar-refractivity contribution in [1.29, 1.82) is 0 Å². The van der Waals surface area contributed by atoms with Crippen LogP contribution in [0.15, 0.2) is 29.1 Å². The third-order valence-corrected chi connectivity index (χ3v) is 5.18. The molecule has 27 heavy (non-hydrogen) atoms. The molecule has 0 radical (unpaired) electrons. The Labute approximate surface area is 156 Å². The van der Waals surface area contributed by atoms with E-state index in [1.807, 2.05) is 39.8 Å². The molecular weight excluding hydrogens is 351 g/mol. The van der Waals surface area contributed by atoms with Gasteiger partial charge in [0.15, 0.2) is 0 Å². The third kappa shape index (κ3) is 3.35. The molecule has 1 N–H and O–H groups in total. The van der Waals surface area contributed by atoms with E-state index in [1.165, 1.54) is 0 Å². The lowest BCUT2D eigenvalue weighted by molar-refractivity contribution is -0.138. The second-order valence-electron chi connectivity index (χ2n) is 7.42. The maximum atomic E-state index is 13.5. The van der Waals surface area contributed by atoms with Gasteiger partial charge in [0.1, 0.15) is 5.56 Å². The maximum Gasteiger partial charge on any atom is 0.420 e. The summed E-state index contributed by atoms with van der Waals surface area (Å²) in [6.07, 6.45) is -2.84. The van der Waals surface area contributed by atoms with Gasteiger partial charge in [-0.2, -0.15) is 13.2 Å². The van der Waals surface area contributed by atoms with E-state index in [9.17, 15) is 18.0 Å². The molecule has 0 aliphatic heterocycles. The van der Waals surface area contributed by atoms with Gasteiger partial charge in [0, 0.05) is 17.6 Å². The molecule has 144 valence electrons. The van der Waals surface area contributed by atoms with Gasteiger partial charge in [0.25, 0.3) is 0 Å². The molecular formula is C22H24F3NO. The van der Waals surface area contributed by atoms with E-state index < -0.39 is 17.2 Å². The van der Waals surface area contributed by atoms with Crippen LogP contribution in [-0.2, 0) is 6.18 Å². The van der Waals surface area contributed by atoms with Crippen molar-refractivity contribution in [3.63, 3.8) is 0 Å². The van der Waals surface area contributed by atoms with E-state index in [4.69, 9.17) is 0 Å². The molecule has 3 rings (SSSR count). The number of anilines is 1. The van der Waals surface area contributed by atoms with Gasteiger partial charge in [0.05, 0.1) is 5.39 Å². The molecule has 0 amide bonds. The van der Waals surface area contributed by atoms with E-state index in [0.29, 0.717) is 23.0 Å². The molecule has 3 aromatic rings. The van der Waals surface area contributed by atoms with Crippen LogP contribution in [0.3, 0.4) is 0 Å². The van der Waals surface area contributed by atoms with Crippen LogP contribution in [0, 0.1) is 6.92 Å². The summed E-state index contributed by atoms with van der Waals surface area (Å²) in [6.45, 7) is 8.63. The molecule has 0 fully saturated rings.